The van der Waals surface area contributed by atoms with Crippen molar-refractivity contribution < 1.29 is 27.9 Å². The molecular formula is C13H10F3NO3. The molecule has 1 aliphatic rings. The van der Waals surface area contributed by atoms with E-state index < -0.39 is 29.1 Å². The number of aliphatic hydroxyl groups is 1. The molecule has 0 bridgehead atoms. The van der Waals surface area contributed by atoms with Crippen LogP contribution in [-0.2, 0) is 15.8 Å². The highest BCUT2D eigenvalue weighted by atomic mass is 19.4. The van der Waals surface area contributed by atoms with Gasteiger partial charge >= 0.3 is 6.18 Å². The number of pyridine rings is 1. The van der Waals surface area contributed by atoms with Gasteiger partial charge in [-0.05, 0) is 18.6 Å². The van der Waals surface area contributed by atoms with Crippen LogP contribution in [0.25, 0.3) is 5.76 Å². The summed E-state index contributed by atoms with van der Waals surface area (Å²) in [4.78, 5) is 26.7. The van der Waals surface area contributed by atoms with Crippen molar-refractivity contribution in [1.29, 1.82) is 0 Å². The van der Waals surface area contributed by atoms with E-state index in [1.165, 1.54) is 0 Å². The summed E-state index contributed by atoms with van der Waals surface area (Å²) in [5, 5.41) is 9.87. The summed E-state index contributed by atoms with van der Waals surface area (Å²) in [5.74, 6) is -1.69. The maximum absolute atomic E-state index is 12.4. The highest BCUT2D eigenvalue weighted by molar-refractivity contribution is 6.25. The Labute approximate surface area is 111 Å². The summed E-state index contributed by atoms with van der Waals surface area (Å²) in [7, 11) is 0. The van der Waals surface area contributed by atoms with Crippen LogP contribution in [-0.4, -0.2) is 21.7 Å². The molecule has 1 aromatic heterocycles. The van der Waals surface area contributed by atoms with Crippen molar-refractivity contribution in [3.63, 3.8) is 0 Å². The average Bonchev–Trinajstić information content (AvgIpc) is 2.37. The number of Topliss-reactive ketones (excluding diaryl/α,β-unsaturated/α-hetero) is 2. The predicted octanol–water partition coefficient (Wildman–Crippen LogP) is 2.69. The summed E-state index contributed by atoms with van der Waals surface area (Å²) in [6.45, 7) is 0. The highest BCUT2D eigenvalue weighted by Crippen LogP contribution is 2.29. The summed E-state index contributed by atoms with van der Waals surface area (Å²) in [6, 6.07) is 1.66. The Morgan fingerprint density at radius 2 is 1.75 bits per heavy atom. The number of hydrogen-bond acceptors (Lipinski definition) is 4. The van der Waals surface area contributed by atoms with Crippen molar-refractivity contribution in [2.75, 3.05) is 0 Å². The first-order chi connectivity index (χ1) is 9.30. The number of allylic oxidation sites excluding steroid dienone is 1. The molecule has 0 saturated heterocycles. The second-order valence-corrected chi connectivity index (χ2v) is 4.35. The third-order valence-corrected chi connectivity index (χ3v) is 2.94. The fourth-order valence-electron chi connectivity index (χ4n) is 1.91. The number of ketones is 2. The van der Waals surface area contributed by atoms with Gasteiger partial charge in [-0.25, -0.2) is 0 Å². The van der Waals surface area contributed by atoms with Crippen molar-refractivity contribution in [2.45, 2.75) is 25.4 Å². The van der Waals surface area contributed by atoms with Crippen LogP contribution in [0.5, 0.6) is 0 Å². The first-order valence-electron chi connectivity index (χ1n) is 5.84. The van der Waals surface area contributed by atoms with Gasteiger partial charge < -0.3 is 5.11 Å². The molecule has 1 heterocycles. The SMILES string of the molecule is O=C1CCCC(=O)C1=C(O)c1ccc(C(F)(F)F)cn1. The number of aromatic nitrogens is 1. The quantitative estimate of drug-likeness (QED) is 0.489. The lowest BCUT2D eigenvalue weighted by Gasteiger charge is -2.13. The fraction of sp³-hybridized carbons (Fsp3) is 0.308. The van der Waals surface area contributed by atoms with E-state index >= 15 is 0 Å². The predicted molar refractivity (Wildman–Crippen MR) is 62.7 cm³/mol. The molecule has 1 N–H and O–H groups in total. The van der Waals surface area contributed by atoms with Crippen LogP contribution in [0.15, 0.2) is 23.9 Å². The van der Waals surface area contributed by atoms with Crippen molar-refractivity contribution in [3.8, 4) is 0 Å². The van der Waals surface area contributed by atoms with Crippen LogP contribution in [0.1, 0.15) is 30.5 Å². The van der Waals surface area contributed by atoms with Crippen LogP contribution in [0.3, 0.4) is 0 Å². The summed E-state index contributed by atoms with van der Waals surface area (Å²) in [5.41, 5.74) is -1.57. The van der Waals surface area contributed by atoms with E-state index in [2.05, 4.69) is 4.98 Å². The molecule has 0 spiro atoms. The van der Waals surface area contributed by atoms with Gasteiger partial charge in [-0.15, -0.1) is 0 Å². The molecule has 1 fully saturated rings. The van der Waals surface area contributed by atoms with Gasteiger partial charge in [0.15, 0.2) is 17.3 Å². The first kappa shape index (κ1) is 14.2. The first-order valence-corrected chi connectivity index (χ1v) is 5.84. The third kappa shape index (κ3) is 2.71. The normalized spacial score (nSPS) is 16.4. The summed E-state index contributed by atoms with van der Waals surface area (Å²) in [6.07, 6.45) is -3.32. The second kappa shape index (κ2) is 5.07. The number of alkyl halides is 3. The monoisotopic (exact) mass is 285 g/mol. The molecular weight excluding hydrogens is 275 g/mol. The number of aliphatic hydroxyl groups excluding tert-OH is 1. The van der Waals surface area contributed by atoms with E-state index in [9.17, 15) is 27.9 Å². The van der Waals surface area contributed by atoms with Gasteiger partial charge in [0.05, 0.1) is 5.56 Å². The minimum absolute atomic E-state index is 0.131. The maximum Gasteiger partial charge on any atom is 0.417 e. The van der Waals surface area contributed by atoms with Crippen LogP contribution < -0.4 is 0 Å². The van der Waals surface area contributed by atoms with Crippen LogP contribution in [0.4, 0.5) is 13.2 Å². The number of carbonyl (C=O) groups excluding carboxylic acids is 2. The zero-order valence-corrected chi connectivity index (χ0v) is 10.2. The minimum atomic E-state index is -4.54. The zero-order chi connectivity index (χ0) is 14.9. The maximum atomic E-state index is 12.4. The summed E-state index contributed by atoms with van der Waals surface area (Å²) >= 11 is 0. The molecule has 0 aliphatic heterocycles. The number of hydrogen-bond donors (Lipinski definition) is 1. The molecule has 0 aromatic carbocycles. The molecule has 1 aliphatic carbocycles. The van der Waals surface area contributed by atoms with E-state index in [1.807, 2.05) is 0 Å². The minimum Gasteiger partial charge on any atom is -0.505 e. The van der Waals surface area contributed by atoms with Crippen molar-refractivity contribution in [3.05, 3.63) is 35.2 Å². The Kier molecular flexibility index (Phi) is 3.61. The van der Waals surface area contributed by atoms with Crippen LogP contribution in [0.2, 0.25) is 0 Å². The Bertz CT molecular complexity index is 570. The number of carbonyl (C=O) groups is 2. The number of rotatable bonds is 1. The second-order valence-electron chi connectivity index (χ2n) is 4.35. The summed E-state index contributed by atoms with van der Waals surface area (Å²) < 4.78 is 37.1. The van der Waals surface area contributed by atoms with Crippen LogP contribution in [0, 0.1) is 0 Å². The van der Waals surface area contributed by atoms with Gasteiger partial charge in [0.1, 0.15) is 11.3 Å². The van der Waals surface area contributed by atoms with Gasteiger partial charge in [-0.2, -0.15) is 13.2 Å². The molecule has 7 heteroatoms. The van der Waals surface area contributed by atoms with E-state index in [-0.39, 0.29) is 24.1 Å². The molecule has 4 nitrogen and oxygen atoms in total. The topological polar surface area (TPSA) is 67.3 Å². The molecule has 20 heavy (non-hydrogen) atoms. The molecule has 0 amide bonds. The lowest BCUT2D eigenvalue weighted by atomic mass is 9.90. The molecule has 2 rings (SSSR count). The van der Waals surface area contributed by atoms with Crippen molar-refractivity contribution >= 4 is 17.3 Å². The van der Waals surface area contributed by atoms with Gasteiger partial charge in [-0.1, -0.05) is 0 Å². The Hall–Kier alpha value is -2.18. The number of nitrogens with zero attached hydrogens (tertiary/aromatic N) is 1. The van der Waals surface area contributed by atoms with Crippen molar-refractivity contribution in [1.82, 2.24) is 4.98 Å². The van der Waals surface area contributed by atoms with E-state index in [1.54, 1.807) is 0 Å². The largest absolute Gasteiger partial charge is 0.505 e. The average molecular weight is 285 g/mol. The standard InChI is InChI=1S/C13H10F3NO3/c14-13(15,16)7-4-5-8(17-6-7)12(20)11-9(18)2-1-3-10(11)19/h4-6,20H,1-3H2. The lowest BCUT2D eigenvalue weighted by molar-refractivity contribution is -0.137. The lowest BCUT2D eigenvalue weighted by Crippen LogP contribution is -2.20. The van der Waals surface area contributed by atoms with Crippen LogP contribution >= 0.6 is 0 Å². The smallest absolute Gasteiger partial charge is 0.417 e. The van der Waals surface area contributed by atoms with E-state index in [0.29, 0.717) is 12.6 Å². The van der Waals surface area contributed by atoms with Crippen molar-refractivity contribution in [2.24, 2.45) is 0 Å². The van der Waals surface area contributed by atoms with Gasteiger partial charge in [-0.3, -0.25) is 14.6 Å². The van der Waals surface area contributed by atoms with E-state index in [4.69, 9.17) is 0 Å². The molecule has 0 unspecified atom stereocenters. The third-order valence-electron chi connectivity index (χ3n) is 2.94. The molecule has 1 saturated carbocycles. The Morgan fingerprint density at radius 3 is 2.20 bits per heavy atom. The van der Waals surface area contributed by atoms with Gasteiger partial charge in [0.2, 0.25) is 0 Å². The zero-order valence-electron chi connectivity index (χ0n) is 10.2. The molecule has 1 aromatic rings. The molecule has 106 valence electrons. The Balaban J connectivity index is 2.40. The number of halogens is 3. The molecule has 0 radical (unpaired) electrons. The van der Waals surface area contributed by atoms with E-state index in [0.717, 1.165) is 12.1 Å². The van der Waals surface area contributed by atoms with Gasteiger partial charge in [0, 0.05) is 19.0 Å². The fourth-order valence-corrected chi connectivity index (χ4v) is 1.91. The highest BCUT2D eigenvalue weighted by Gasteiger charge is 2.32. The Morgan fingerprint density at radius 1 is 1.15 bits per heavy atom. The van der Waals surface area contributed by atoms with Gasteiger partial charge in [0.25, 0.3) is 0 Å². The molecule has 0 atom stereocenters.